The number of aryl methyl sites for hydroxylation is 1. The van der Waals surface area contributed by atoms with E-state index in [0.717, 1.165) is 43.1 Å². The molecule has 2 atom stereocenters. The normalized spacial score (nSPS) is 19.1. The zero-order chi connectivity index (χ0) is 16.9. The summed E-state index contributed by atoms with van der Waals surface area (Å²) in [5, 5.41) is 3.29. The zero-order valence-electron chi connectivity index (χ0n) is 14.1. The van der Waals surface area contributed by atoms with E-state index in [-0.39, 0.29) is 5.91 Å². The molecule has 0 radical (unpaired) electrons. The monoisotopic (exact) mass is 345 g/mol. The maximum Gasteiger partial charge on any atom is 0.263 e. The predicted octanol–water partition coefficient (Wildman–Crippen LogP) is 3.27. The second-order valence-corrected chi connectivity index (χ2v) is 6.99. The highest BCUT2D eigenvalue weighted by Gasteiger charge is 2.29. The number of ether oxygens (including phenoxy) is 1. The van der Waals surface area contributed by atoms with Crippen molar-refractivity contribution in [3.05, 3.63) is 40.6 Å². The first-order valence-corrected chi connectivity index (χ1v) is 9.35. The van der Waals surface area contributed by atoms with Crippen molar-refractivity contribution in [1.82, 2.24) is 14.9 Å². The summed E-state index contributed by atoms with van der Waals surface area (Å²) in [6, 6.07) is 3.62. The molecule has 2 aromatic heterocycles. The third-order valence-electron chi connectivity index (χ3n) is 4.31. The van der Waals surface area contributed by atoms with E-state index in [2.05, 4.69) is 17.3 Å². The van der Waals surface area contributed by atoms with Gasteiger partial charge in [0.15, 0.2) is 6.10 Å². The fraction of sp³-hybridized carbons (Fsp3) is 0.500. The van der Waals surface area contributed by atoms with Crippen molar-refractivity contribution in [2.75, 3.05) is 13.1 Å². The van der Waals surface area contributed by atoms with Crippen LogP contribution in [0, 0.1) is 0 Å². The summed E-state index contributed by atoms with van der Waals surface area (Å²) < 4.78 is 5.73. The highest BCUT2D eigenvalue weighted by atomic mass is 32.1. The molecule has 5 nitrogen and oxygen atoms in total. The molecule has 0 N–H and O–H groups in total. The number of nitrogens with zero attached hydrogens (tertiary/aromatic N) is 3. The van der Waals surface area contributed by atoms with Gasteiger partial charge in [-0.05, 0) is 38.3 Å². The second kappa shape index (κ2) is 7.75. The largest absolute Gasteiger partial charge is 0.479 e. The fourth-order valence-electron chi connectivity index (χ4n) is 2.98. The number of rotatable bonds is 5. The Morgan fingerprint density at radius 3 is 3.12 bits per heavy atom. The molecule has 1 saturated heterocycles. The molecule has 0 aliphatic carbocycles. The topological polar surface area (TPSA) is 55.3 Å². The maximum absolute atomic E-state index is 12.7. The Balaban J connectivity index is 1.62. The molecule has 0 spiro atoms. The fourth-order valence-corrected chi connectivity index (χ4v) is 4.01. The van der Waals surface area contributed by atoms with E-state index in [1.807, 2.05) is 11.0 Å². The van der Waals surface area contributed by atoms with Gasteiger partial charge in [-0.2, -0.15) is 0 Å². The molecule has 2 aromatic rings. The Bertz CT molecular complexity index is 674. The van der Waals surface area contributed by atoms with Gasteiger partial charge >= 0.3 is 0 Å². The molecule has 3 rings (SSSR count). The van der Waals surface area contributed by atoms with Crippen molar-refractivity contribution in [2.24, 2.45) is 0 Å². The molecule has 128 valence electrons. The van der Waals surface area contributed by atoms with E-state index in [4.69, 9.17) is 9.72 Å². The molecule has 0 saturated carbocycles. The van der Waals surface area contributed by atoms with E-state index in [1.54, 1.807) is 36.7 Å². The van der Waals surface area contributed by atoms with Crippen LogP contribution in [0.3, 0.4) is 0 Å². The van der Waals surface area contributed by atoms with Gasteiger partial charge in [-0.1, -0.05) is 6.92 Å². The van der Waals surface area contributed by atoms with Crippen molar-refractivity contribution in [3.8, 4) is 5.75 Å². The number of carbonyl (C=O) groups excluding carboxylic acids is 1. The number of amides is 1. The Labute approximate surface area is 146 Å². The van der Waals surface area contributed by atoms with Gasteiger partial charge in [0.25, 0.3) is 5.91 Å². The highest BCUT2D eigenvalue weighted by molar-refractivity contribution is 7.09. The minimum atomic E-state index is -0.504. The molecule has 6 heteroatoms. The first-order valence-electron chi connectivity index (χ1n) is 8.47. The summed E-state index contributed by atoms with van der Waals surface area (Å²) >= 11 is 1.72. The van der Waals surface area contributed by atoms with E-state index in [9.17, 15) is 4.79 Å². The van der Waals surface area contributed by atoms with Gasteiger partial charge in [0.2, 0.25) is 0 Å². The van der Waals surface area contributed by atoms with Gasteiger partial charge in [-0.15, -0.1) is 11.3 Å². The van der Waals surface area contributed by atoms with Gasteiger partial charge < -0.3 is 9.64 Å². The molecule has 1 amide bonds. The van der Waals surface area contributed by atoms with E-state index in [1.165, 1.54) is 0 Å². The predicted molar refractivity (Wildman–Crippen MR) is 94.4 cm³/mol. The molecule has 1 fully saturated rings. The van der Waals surface area contributed by atoms with Gasteiger partial charge in [-0.3, -0.25) is 9.78 Å². The lowest BCUT2D eigenvalue weighted by Gasteiger charge is -2.33. The van der Waals surface area contributed by atoms with Crippen LogP contribution in [0.4, 0.5) is 0 Å². The molecule has 0 aromatic carbocycles. The highest BCUT2D eigenvalue weighted by Crippen LogP contribution is 2.29. The summed E-state index contributed by atoms with van der Waals surface area (Å²) in [5.74, 6) is 1.01. The number of hydrogen-bond acceptors (Lipinski definition) is 5. The molecule has 3 heterocycles. The van der Waals surface area contributed by atoms with Crippen LogP contribution in [0.15, 0.2) is 29.9 Å². The van der Waals surface area contributed by atoms with Crippen LogP contribution in [0.25, 0.3) is 0 Å². The zero-order valence-corrected chi connectivity index (χ0v) is 15.0. The molecule has 1 aliphatic rings. The van der Waals surface area contributed by atoms with Gasteiger partial charge in [0.05, 0.1) is 16.9 Å². The summed E-state index contributed by atoms with van der Waals surface area (Å²) in [5.41, 5.74) is 1.15. The van der Waals surface area contributed by atoms with Crippen LogP contribution in [0.1, 0.15) is 43.3 Å². The summed E-state index contributed by atoms with van der Waals surface area (Å²) in [4.78, 5) is 23.3. The molecular formula is C18H23N3O2S. The van der Waals surface area contributed by atoms with Crippen LogP contribution in [-0.2, 0) is 11.2 Å². The average Bonchev–Trinajstić information content (AvgIpc) is 3.11. The number of aromatic nitrogens is 2. The van der Waals surface area contributed by atoms with Gasteiger partial charge in [0, 0.05) is 30.6 Å². The van der Waals surface area contributed by atoms with Gasteiger partial charge in [-0.25, -0.2) is 4.98 Å². The first kappa shape index (κ1) is 16.9. The quantitative estimate of drug-likeness (QED) is 0.834. The van der Waals surface area contributed by atoms with Crippen molar-refractivity contribution >= 4 is 17.2 Å². The van der Waals surface area contributed by atoms with Crippen molar-refractivity contribution in [1.29, 1.82) is 0 Å². The third-order valence-corrected chi connectivity index (χ3v) is 5.37. The number of thiazole rings is 1. The van der Waals surface area contributed by atoms with Crippen LogP contribution < -0.4 is 4.74 Å². The Hall–Kier alpha value is -1.95. The number of piperidine rings is 1. The van der Waals surface area contributed by atoms with E-state index >= 15 is 0 Å². The van der Waals surface area contributed by atoms with Crippen molar-refractivity contribution < 1.29 is 9.53 Å². The van der Waals surface area contributed by atoms with Crippen LogP contribution in [-0.4, -0.2) is 40.0 Å². The maximum atomic E-state index is 12.7. The van der Waals surface area contributed by atoms with E-state index in [0.29, 0.717) is 11.7 Å². The standard InChI is InChI=1S/C18H23N3O2S/c1-3-15-12-24-17(20-15)14-6-5-9-21(11-14)18(22)13(2)23-16-7-4-8-19-10-16/h4,7-8,10,12-14H,3,5-6,9,11H2,1-2H3/t13-,14-/m0/s1. The molecule has 1 aliphatic heterocycles. The number of hydrogen-bond donors (Lipinski definition) is 0. The van der Waals surface area contributed by atoms with Crippen LogP contribution >= 0.6 is 11.3 Å². The van der Waals surface area contributed by atoms with Crippen LogP contribution in [0.2, 0.25) is 0 Å². The molecular weight excluding hydrogens is 322 g/mol. The second-order valence-electron chi connectivity index (χ2n) is 6.10. The van der Waals surface area contributed by atoms with Gasteiger partial charge in [0.1, 0.15) is 5.75 Å². The average molecular weight is 345 g/mol. The third kappa shape index (κ3) is 3.93. The van der Waals surface area contributed by atoms with Crippen molar-refractivity contribution in [2.45, 2.75) is 45.1 Å². The summed E-state index contributed by atoms with van der Waals surface area (Å²) in [6.07, 6.45) is 5.88. The Morgan fingerprint density at radius 1 is 1.54 bits per heavy atom. The lowest BCUT2D eigenvalue weighted by atomic mass is 9.98. The minimum absolute atomic E-state index is 0.0378. The number of carbonyl (C=O) groups is 1. The molecule has 0 bridgehead atoms. The first-order chi connectivity index (χ1) is 11.7. The number of likely N-dealkylation sites (tertiary alicyclic amines) is 1. The SMILES string of the molecule is CCc1csc([C@H]2CCCN(C(=O)[C@H](C)Oc3cccnc3)C2)n1. The van der Waals surface area contributed by atoms with Crippen molar-refractivity contribution in [3.63, 3.8) is 0 Å². The molecule has 0 unspecified atom stereocenters. The summed E-state index contributed by atoms with van der Waals surface area (Å²) in [6.45, 7) is 5.45. The minimum Gasteiger partial charge on any atom is -0.479 e. The summed E-state index contributed by atoms with van der Waals surface area (Å²) in [7, 11) is 0. The molecule has 24 heavy (non-hydrogen) atoms. The van der Waals surface area contributed by atoms with E-state index < -0.39 is 6.10 Å². The lowest BCUT2D eigenvalue weighted by Crippen LogP contribution is -2.45. The smallest absolute Gasteiger partial charge is 0.263 e. The lowest BCUT2D eigenvalue weighted by molar-refractivity contribution is -0.139. The Kier molecular flexibility index (Phi) is 5.45. The van der Waals surface area contributed by atoms with Crippen LogP contribution in [0.5, 0.6) is 5.75 Å². The number of pyridine rings is 1. The Morgan fingerprint density at radius 2 is 2.42 bits per heavy atom.